The smallest absolute Gasteiger partial charge is 0.292 e. The molecule has 16 heavy (non-hydrogen) atoms. The van der Waals surface area contributed by atoms with Gasteiger partial charge in [-0.3, -0.25) is 4.84 Å². The standard InChI is InChI=1S/C10H9F3N2O/c11-10(12,13)7-16-15-6-9-3-1-2-8(4-9)5-14/h1-4,15H,6-7H2. The number of benzene rings is 1. The molecule has 0 heterocycles. The van der Waals surface area contributed by atoms with Crippen molar-refractivity contribution in [3.8, 4) is 6.07 Å². The Kier molecular flexibility index (Phi) is 4.28. The quantitative estimate of drug-likeness (QED) is 0.636. The molecule has 0 unspecified atom stereocenters. The molecule has 1 aromatic rings. The molecule has 0 aliphatic carbocycles. The first-order chi connectivity index (χ1) is 7.51. The molecule has 0 spiro atoms. The molecule has 0 aromatic heterocycles. The van der Waals surface area contributed by atoms with Crippen molar-refractivity contribution in [3.63, 3.8) is 0 Å². The zero-order chi connectivity index (χ0) is 12.0. The normalized spacial score (nSPS) is 11.1. The molecule has 0 saturated heterocycles. The largest absolute Gasteiger partial charge is 0.413 e. The molecule has 0 fully saturated rings. The monoisotopic (exact) mass is 230 g/mol. The van der Waals surface area contributed by atoms with Gasteiger partial charge in [0, 0.05) is 6.54 Å². The Balaban J connectivity index is 2.35. The van der Waals surface area contributed by atoms with Gasteiger partial charge in [-0.15, -0.1) is 0 Å². The molecule has 3 nitrogen and oxygen atoms in total. The molecule has 0 aliphatic rings. The summed E-state index contributed by atoms with van der Waals surface area (Å²) in [6.45, 7) is -1.23. The molecule has 0 atom stereocenters. The van der Waals surface area contributed by atoms with Crippen LogP contribution in [0.3, 0.4) is 0 Å². The van der Waals surface area contributed by atoms with Crippen LogP contribution in [0.25, 0.3) is 0 Å². The van der Waals surface area contributed by atoms with Crippen LogP contribution in [-0.4, -0.2) is 12.8 Å². The van der Waals surface area contributed by atoms with Crippen molar-refractivity contribution in [1.82, 2.24) is 5.48 Å². The van der Waals surface area contributed by atoms with Crippen LogP contribution in [0.1, 0.15) is 11.1 Å². The van der Waals surface area contributed by atoms with Gasteiger partial charge in [0.25, 0.3) is 0 Å². The summed E-state index contributed by atoms with van der Waals surface area (Å²) >= 11 is 0. The van der Waals surface area contributed by atoms with Crippen LogP contribution in [0, 0.1) is 11.3 Å². The second-order valence-corrected chi connectivity index (χ2v) is 3.04. The van der Waals surface area contributed by atoms with Crippen LogP contribution in [0.5, 0.6) is 0 Å². The van der Waals surface area contributed by atoms with Gasteiger partial charge in [-0.25, -0.2) is 0 Å². The number of nitrogens with one attached hydrogen (secondary N) is 1. The third-order valence-electron chi connectivity index (χ3n) is 1.67. The van der Waals surface area contributed by atoms with E-state index in [9.17, 15) is 13.2 Å². The summed E-state index contributed by atoms with van der Waals surface area (Å²) in [6, 6.07) is 8.46. The second kappa shape index (κ2) is 5.49. The molecule has 6 heteroatoms. The molecule has 0 radical (unpaired) electrons. The van der Waals surface area contributed by atoms with E-state index in [-0.39, 0.29) is 6.54 Å². The maximum absolute atomic E-state index is 11.7. The number of nitriles is 1. The molecule has 1 N–H and O–H groups in total. The summed E-state index contributed by atoms with van der Waals surface area (Å²) in [5.74, 6) is 0. The third-order valence-corrected chi connectivity index (χ3v) is 1.67. The number of hydrogen-bond acceptors (Lipinski definition) is 3. The molecule has 1 aromatic carbocycles. The first-order valence-corrected chi connectivity index (χ1v) is 4.42. The van der Waals surface area contributed by atoms with E-state index in [1.54, 1.807) is 24.3 Å². The lowest BCUT2D eigenvalue weighted by Gasteiger charge is -2.08. The number of halogens is 3. The van der Waals surface area contributed by atoms with Gasteiger partial charge in [0.15, 0.2) is 6.61 Å². The molecule has 0 amide bonds. The highest BCUT2D eigenvalue weighted by Crippen LogP contribution is 2.13. The summed E-state index contributed by atoms with van der Waals surface area (Å²) in [7, 11) is 0. The topological polar surface area (TPSA) is 45.0 Å². The van der Waals surface area contributed by atoms with E-state index in [2.05, 4.69) is 10.3 Å². The lowest BCUT2D eigenvalue weighted by molar-refractivity contribution is -0.190. The summed E-state index contributed by atoms with van der Waals surface area (Å²) in [4.78, 5) is 4.22. The molecule has 86 valence electrons. The molecule has 0 aliphatic heterocycles. The van der Waals surface area contributed by atoms with Crippen molar-refractivity contribution in [1.29, 1.82) is 5.26 Å². The van der Waals surface area contributed by atoms with E-state index in [1.807, 2.05) is 6.07 Å². The lowest BCUT2D eigenvalue weighted by atomic mass is 10.1. The minimum atomic E-state index is -4.35. The van der Waals surface area contributed by atoms with Gasteiger partial charge in [0.1, 0.15) is 0 Å². The van der Waals surface area contributed by atoms with E-state index in [0.717, 1.165) is 0 Å². The van der Waals surface area contributed by atoms with Gasteiger partial charge < -0.3 is 0 Å². The van der Waals surface area contributed by atoms with Crippen molar-refractivity contribution < 1.29 is 18.0 Å². The molecular weight excluding hydrogens is 221 g/mol. The fourth-order valence-corrected chi connectivity index (χ4v) is 1.02. The van der Waals surface area contributed by atoms with Gasteiger partial charge in [-0.05, 0) is 17.7 Å². The molecule has 0 saturated carbocycles. The summed E-state index contributed by atoms with van der Waals surface area (Å²) in [5, 5.41) is 8.59. The Morgan fingerprint density at radius 3 is 2.75 bits per heavy atom. The van der Waals surface area contributed by atoms with E-state index >= 15 is 0 Å². The second-order valence-electron chi connectivity index (χ2n) is 3.04. The minimum absolute atomic E-state index is 0.117. The van der Waals surface area contributed by atoms with Crippen LogP contribution in [-0.2, 0) is 11.4 Å². The Morgan fingerprint density at radius 1 is 1.38 bits per heavy atom. The number of hydrogen-bond donors (Lipinski definition) is 1. The van der Waals surface area contributed by atoms with Crippen molar-refractivity contribution >= 4 is 0 Å². The Morgan fingerprint density at radius 2 is 2.12 bits per heavy atom. The highest BCUT2D eigenvalue weighted by Gasteiger charge is 2.27. The van der Waals surface area contributed by atoms with Crippen molar-refractivity contribution in [2.24, 2.45) is 0 Å². The van der Waals surface area contributed by atoms with Gasteiger partial charge in [-0.2, -0.15) is 23.9 Å². The first kappa shape index (κ1) is 12.5. The fraction of sp³-hybridized carbons (Fsp3) is 0.300. The minimum Gasteiger partial charge on any atom is -0.292 e. The SMILES string of the molecule is N#Cc1cccc(CNOCC(F)(F)F)c1. The number of rotatable bonds is 4. The van der Waals surface area contributed by atoms with E-state index in [0.29, 0.717) is 11.1 Å². The van der Waals surface area contributed by atoms with Crippen molar-refractivity contribution in [2.75, 3.05) is 6.61 Å². The average Bonchev–Trinajstić information content (AvgIpc) is 2.23. The highest BCUT2D eigenvalue weighted by atomic mass is 19.4. The number of hydroxylamine groups is 1. The first-order valence-electron chi connectivity index (χ1n) is 4.42. The Hall–Kier alpha value is -1.58. The predicted octanol–water partition coefficient (Wildman–Crippen LogP) is 2.14. The van der Waals surface area contributed by atoms with Gasteiger partial charge in [0.05, 0.1) is 11.6 Å². The molecule has 1 rings (SSSR count). The Bertz CT molecular complexity index is 384. The maximum Gasteiger partial charge on any atom is 0.413 e. The Labute approximate surface area is 90.4 Å². The highest BCUT2D eigenvalue weighted by molar-refractivity contribution is 5.32. The average molecular weight is 230 g/mol. The van der Waals surface area contributed by atoms with Gasteiger partial charge in [-0.1, -0.05) is 12.1 Å². The van der Waals surface area contributed by atoms with Gasteiger partial charge >= 0.3 is 6.18 Å². The zero-order valence-electron chi connectivity index (χ0n) is 8.21. The predicted molar refractivity (Wildman–Crippen MR) is 50.0 cm³/mol. The van der Waals surface area contributed by atoms with Crippen LogP contribution in [0.2, 0.25) is 0 Å². The molecule has 0 bridgehead atoms. The molecular formula is C10H9F3N2O. The van der Waals surface area contributed by atoms with Crippen LogP contribution in [0.15, 0.2) is 24.3 Å². The third kappa shape index (κ3) is 4.77. The van der Waals surface area contributed by atoms with Crippen molar-refractivity contribution in [2.45, 2.75) is 12.7 Å². The van der Waals surface area contributed by atoms with E-state index < -0.39 is 12.8 Å². The summed E-state index contributed by atoms with van der Waals surface area (Å²) in [5.41, 5.74) is 3.32. The zero-order valence-corrected chi connectivity index (χ0v) is 8.21. The van der Waals surface area contributed by atoms with Crippen molar-refractivity contribution in [3.05, 3.63) is 35.4 Å². The van der Waals surface area contributed by atoms with E-state index in [1.165, 1.54) is 0 Å². The van der Waals surface area contributed by atoms with E-state index in [4.69, 9.17) is 5.26 Å². The summed E-state index contributed by atoms with van der Waals surface area (Å²) in [6.07, 6.45) is -4.35. The number of nitrogens with zero attached hydrogens (tertiary/aromatic N) is 1. The maximum atomic E-state index is 11.7. The van der Waals surface area contributed by atoms with Crippen LogP contribution >= 0.6 is 0 Å². The fourth-order valence-electron chi connectivity index (χ4n) is 1.02. The van der Waals surface area contributed by atoms with Crippen LogP contribution < -0.4 is 5.48 Å². The number of alkyl halides is 3. The summed E-state index contributed by atoms with van der Waals surface area (Å²) < 4.78 is 35.1. The lowest BCUT2D eigenvalue weighted by Crippen LogP contribution is -2.24. The van der Waals surface area contributed by atoms with Gasteiger partial charge in [0.2, 0.25) is 0 Å². The van der Waals surface area contributed by atoms with Crippen LogP contribution in [0.4, 0.5) is 13.2 Å².